The van der Waals surface area contributed by atoms with Gasteiger partial charge in [-0.25, -0.2) is 9.48 Å². The fourth-order valence-electron chi connectivity index (χ4n) is 1.39. The van der Waals surface area contributed by atoms with E-state index in [1.165, 1.54) is 12.1 Å². The Kier molecular flexibility index (Phi) is 2.66. The Bertz CT molecular complexity index is 514. The molecule has 2 rings (SSSR count). The minimum Gasteiger partial charge on any atom is -0.478 e. The van der Waals surface area contributed by atoms with E-state index in [0.717, 1.165) is 0 Å². The summed E-state index contributed by atoms with van der Waals surface area (Å²) >= 11 is 3.28. The molecule has 0 amide bonds. The second-order valence-corrected chi connectivity index (χ2v) is 4.01. The first-order valence-electron chi connectivity index (χ1n) is 4.42. The van der Waals surface area contributed by atoms with E-state index in [-0.39, 0.29) is 5.56 Å². The smallest absolute Gasteiger partial charge is 0.335 e. The number of halogens is 1. The van der Waals surface area contributed by atoms with Gasteiger partial charge in [-0.2, -0.15) is 5.10 Å². The molecule has 0 unspecified atom stereocenters. The molecule has 2 aromatic rings. The lowest BCUT2D eigenvalue weighted by molar-refractivity contribution is 0.0697. The number of anilines is 1. The molecule has 0 spiro atoms. The van der Waals surface area contributed by atoms with Crippen molar-refractivity contribution in [2.45, 2.75) is 0 Å². The van der Waals surface area contributed by atoms with Gasteiger partial charge in [-0.15, -0.1) is 0 Å². The van der Waals surface area contributed by atoms with Gasteiger partial charge in [0.1, 0.15) is 5.69 Å². The summed E-state index contributed by atoms with van der Waals surface area (Å²) in [5, 5.41) is 12.9. The maximum atomic E-state index is 10.8. The lowest BCUT2D eigenvalue weighted by Crippen LogP contribution is -2.05. The summed E-state index contributed by atoms with van der Waals surface area (Å²) in [7, 11) is 0. The van der Waals surface area contributed by atoms with E-state index in [9.17, 15) is 4.79 Å². The molecule has 0 aliphatic rings. The molecule has 5 nitrogen and oxygen atoms in total. The van der Waals surface area contributed by atoms with Gasteiger partial charge in [0.15, 0.2) is 0 Å². The molecule has 0 radical (unpaired) electrons. The second kappa shape index (κ2) is 3.97. The number of hydrogen-bond acceptors (Lipinski definition) is 3. The molecule has 0 saturated heterocycles. The van der Waals surface area contributed by atoms with Gasteiger partial charge in [0, 0.05) is 16.9 Å². The van der Waals surface area contributed by atoms with E-state index in [4.69, 9.17) is 10.8 Å². The standard InChI is InChI=1S/C10H8BrN3O2/c11-7-4-6(10(15)16)5-8(12)9(7)14-3-1-2-13-14/h1-5H,12H2,(H,15,16). The summed E-state index contributed by atoms with van der Waals surface area (Å²) in [4.78, 5) is 10.8. The van der Waals surface area contributed by atoms with E-state index < -0.39 is 5.97 Å². The van der Waals surface area contributed by atoms with Crippen molar-refractivity contribution in [3.05, 3.63) is 40.6 Å². The molecule has 1 aromatic heterocycles. The highest BCUT2D eigenvalue weighted by atomic mass is 79.9. The lowest BCUT2D eigenvalue weighted by Gasteiger charge is -2.09. The topological polar surface area (TPSA) is 81.1 Å². The molecule has 1 heterocycles. The maximum absolute atomic E-state index is 10.8. The molecule has 16 heavy (non-hydrogen) atoms. The van der Waals surface area contributed by atoms with Gasteiger partial charge in [-0.3, -0.25) is 0 Å². The first kappa shape index (κ1) is 10.7. The van der Waals surface area contributed by atoms with Crippen LogP contribution in [0, 0.1) is 0 Å². The van der Waals surface area contributed by atoms with Crippen molar-refractivity contribution >= 4 is 27.6 Å². The third-order valence-corrected chi connectivity index (χ3v) is 2.68. The number of carbonyl (C=O) groups is 1. The quantitative estimate of drug-likeness (QED) is 0.824. The number of aromatic carboxylic acids is 1. The molecule has 0 bridgehead atoms. The summed E-state index contributed by atoms with van der Waals surface area (Å²) in [5.41, 5.74) is 6.93. The Hall–Kier alpha value is -1.82. The van der Waals surface area contributed by atoms with Gasteiger partial charge in [-0.05, 0) is 34.1 Å². The van der Waals surface area contributed by atoms with Crippen LogP contribution in [0.5, 0.6) is 0 Å². The molecule has 0 saturated carbocycles. The Morgan fingerprint density at radius 2 is 2.25 bits per heavy atom. The number of nitrogen functional groups attached to an aromatic ring is 1. The van der Waals surface area contributed by atoms with Crippen molar-refractivity contribution in [2.75, 3.05) is 5.73 Å². The van der Waals surface area contributed by atoms with Gasteiger partial charge >= 0.3 is 5.97 Å². The Morgan fingerprint density at radius 3 is 2.75 bits per heavy atom. The number of benzene rings is 1. The van der Waals surface area contributed by atoms with E-state index in [1.807, 2.05) is 0 Å². The van der Waals surface area contributed by atoms with Crippen LogP contribution in [0.25, 0.3) is 5.69 Å². The van der Waals surface area contributed by atoms with E-state index in [2.05, 4.69) is 21.0 Å². The van der Waals surface area contributed by atoms with Crippen molar-refractivity contribution in [2.24, 2.45) is 0 Å². The van der Waals surface area contributed by atoms with Crippen LogP contribution in [0.2, 0.25) is 0 Å². The number of hydrogen-bond donors (Lipinski definition) is 2. The Morgan fingerprint density at radius 1 is 1.50 bits per heavy atom. The van der Waals surface area contributed by atoms with Crippen LogP contribution in [0.3, 0.4) is 0 Å². The minimum absolute atomic E-state index is 0.139. The van der Waals surface area contributed by atoms with E-state index in [0.29, 0.717) is 15.8 Å². The molecule has 0 aliphatic carbocycles. The van der Waals surface area contributed by atoms with E-state index in [1.54, 1.807) is 23.1 Å². The summed E-state index contributed by atoms with van der Waals surface area (Å²) in [5.74, 6) is -1.01. The lowest BCUT2D eigenvalue weighted by atomic mass is 10.2. The third kappa shape index (κ3) is 1.79. The molecule has 1 aromatic carbocycles. The summed E-state index contributed by atoms with van der Waals surface area (Å²) in [6, 6.07) is 4.66. The maximum Gasteiger partial charge on any atom is 0.335 e. The molecular formula is C10H8BrN3O2. The van der Waals surface area contributed by atoms with Crippen molar-refractivity contribution in [3.8, 4) is 5.69 Å². The number of nitrogens with zero attached hydrogens (tertiary/aromatic N) is 2. The van der Waals surface area contributed by atoms with Crippen LogP contribution in [0.4, 0.5) is 5.69 Å². The average molecular weight is 282 g/mol. The zero-order valence-corrected chi connectivity index (χ0v) is 9.68. The van der Waals surface area contributed by atoms with Crippen molar-refractivity contribution in [3.63, 3.8) is 0 Å². The first-order chi connectivity index (χ1) is 7.59. The molecule has 0 aliphatic heterocycles. The van der Waals surface area contributed by atoms with Crippen molar-refractivity contribution in [1.82, 2.24) is 9.78 Å². The van der Waals surface area contributed by atoms with Gasteiger partial charge in [0.05, 0.1) is 11.3 Å². The molecule has 3 N–H and O–H groups in total. The Labute approximate surface area is 99.6 Å². The van der Waals surface area contributed by atoms with Gasteiger partial charge in [-0.1, -0.05) is 0 Å². The number of aromatic nitrogens is 2. The SMILES string of the molecule is Nc1cc(C(=O)O)cc(Br)c1-n1cccn1. The molecule has 0 fully saturated rings. The monoisotopic (exact) mass is 281 g/mol. The minimum atomic E-state index is -1.01. The predicted octanol–water partition coefficient (Wildman–Crippen LogP) is 1.92. The van der Waals surface area contributed by atoms with E-state index >= 15 is 0 Å². The average Bonchev–Trinajstić information content (AvgIpc) is 2.69. The molecule has 0 atom stereocenters. The van der Waals surface area contributed by atoms with Crippen LogP contribution < -0.4 is 5.73 Å². The molecular weight excluding hydrogens is 274 g/mol. The summed E-state index contributed by atoms with van der Waals surface area (Å²) < 4.78 is 2.17. The van der Waals surface area contributed by atoms with Crippen LogP contribution in [-0.2, 0) is 0 Å². The van der Waals surface area contributed by atoms with Gasteiger partial charge in [0.25, 0.3) is 0 Å². The van der Waals surface area contributed by atoms with Crippen LogP contribution in [0.15, 0.2) is 35.1 Å². The third-order valence-electron chi connectivity index (χ3n) is 2.07. The number of carboxylic acids is 1. The highest BCUT2D eigenvalue weighted by Crippen LogP contribution is 2.28. The second-order valence-electron chi connectivity index (χ2n) is 3.15. The fourth-order valence-corrected chi connectivity index (χ4v) is 2.04. The predicted molar refractivity (Wildman–Crippen MR) is 62.6 cm³/mol. The number of rotatable bonds is 2. The highest BCUT2D eigenvalue weighted by molar-refractivity contribution is 9.10. The number of nitrogens with two attached hydrogens (primary N) is 1. The normalized spacial score (nSPS) is 10.3. The zero-order chi connectivity index (χ0) is 11.7. The highest BCUT2D eigenvalue weighted by Gasteiger charge is 2.12. The van der Waals surface area contributed by atoms with Gasteiger partial charge < -0.3 is 10.8 Å². The fraction of sp³-hybridized carbons (Fsp3) is 0. The van der Waals surface area contributed by atoms with Crippen LogP contribution in [0.1, 0.15) is 10.4 Å². The van der Waals surface area contributed by atoms with Gasteiger partial charge in [0.2, 0.25) is 0 Å². The van der Waals surface area contributed by atoms with Crippen molar-refractivity contribution < 1.29 is 9.90 Å². The Balaban J connectivity index is 2.61. The molecule has 6 heteroatoms. The summed E-state index contributed by atoms with van der Waals surface area (Å²) in [6.45, 7) is 0. The zero-order valence-electron chi connectivity index (χ0n) is 8.09. The molecule has 82 valence electrons. The van der Waals surface area contributed by atoms with Crippen molar-refractivity contribution in [1.29, 1.82) is 0 Å². The first-order valence-corrected chi connectivity index (χ1v) is 5.21. The van der Waals surface area contributed by atoms with Crippen LogP contribution in [-0.4, -0.2) is 20.9 Å². The van der Waals surface area contributed by atoms with Crippen LogP contribution >= 0.6 is 15.9 Å². The largest absolute Gasteiger partial charge is 0.478 e. The summed E-state index contributed by atoms with van der Waals surface area (Å²) in [6.07, 6.45) is 3.36. The number of carboxylic acid groups (broad SMARTS) is 1.